The van der Waals surface area contributed by atoms with Crippen LogP contribution in [0, 0.1) is 25.5 Å². The molecular formula is C15H12BrClF2O. The highest BCUT2D eigenvalue weighted by molar-refractivity contribution is 9.08. The van der Waals surface area contributed by atoms with Crippen molar-refractivity contribution >= 4 is 27.5 Å². The summed E-state index contributed by atoms with van der Waals surface area (Å²) in [4.78, 5) is 0. The third kappa shape index (κ3) is 3.13. The van der Waals surface area contributed by atoms with Gasteiger partial charge in [0.2, 0.25) is 0 Å². The van der Waals surface area contributed by atoms with Crippen molar-refractivity contribution in [3.63, 3.8) is 0 Å². The van der Waals surface area contributed by atoms with Gasteiger partial charge in [-0.2, -0.15) is 0 Å². The molecule has 2 aromatic rings. The summed E-state index contributed by atoms with van der Waals surface area (Å²) in [6.07, 6.45) is 0. The third-order valence-corrected chi connectivity index (χ3v) is 3.71. The molecule has 0 unspecified atom stereocenters. The average molecular weight is 362 g/mol. The van der Waals surface area contributed by atoms with Crippen LogP contribution in [0.4, 0.5) is 8.78 Å². The van der Waals surface area contributed by atoms with Gasteiger partial charge in [0.15, 0.2) is 17.4 Å². The van der Waals surface area contributed by atoms with Crippen LogP contribution in [0.2, 0.25) is 5.02 Å². The maximum Gasteiger partial charge on any atom is 0.198 e. The molecule has 0 bridgehead atoms. The van der Waals surface area contributed by atoms with Crippen molar-refractivity contribution in [3.05, 3.63) is 57.6 Å². The van der Waals surface area contributed by atoms with Crippen molar-refractivity contribution in [1.29, 1.82) is 0 Å². The topological polar surface area (TPSA) is 9.23 Å². The Hall–Kier alpha value is -1.13. The highest BCUT2D eigenvalue weighted by atomic mass is 79.9. The summed E-state index contributed by atoms with van der Waals surface area (Å²) < 4.78 is 33.3. The van der Waals surface area contributed by atoms with E-state index < -0.39 is 17.4 Å². The normalized spacial score (nSPS) is 10.7. The summed E-state index contributed by atoms with van der Waals surface area (Å²) >= 11 is 9.08. The van der Waals surface area contributed by atoms with Gasteiger partial charge >= 0.3 is 0 Å². The van der Waals surface area contributed by atoms with E-state index in [0.717, 1.165) is 11.1 Å². The zero-order chi connectivity index (χ0) is 14.9. The van der Waals surface area contributed by atoms with E-state index in [2.05, 4.69) is 15.9 Å². The quantitative estimate of drug-likeness (QED) is 0.616. The Labute approximate surface area is 129 Å². The summed E-state index contributed by atoms with van der Waals surface area (Å²) in [6.45, 7) is 3.55. The maximum absolute atomic E-state index is 13.9. The first kappa shape index (κ1) is 15.3. The van der Waals surface area contributed by atoms with Crippen LogP contribution in [0.3, 0.4) is 0 Å². The summed E-state index contributed by atoms with van der Waals surface area (Å²) in [5.41, 5.74) is 1.95. The highest BCUT2D eigenvalue weighted by Gasteiger charge is 2.16. The molecule has 0 amide bonds. The largest absolute Gasteiger partial charge is 0.451 e. The van der Waals surface area contributed by atoms with Gasteiger partial charge in [0.05, 0.1) is 0 Å². The molecule has 0 aliphatic heterocycles. The highest BCUT2D eigenvalue weighted by Crippen LogP contribution is 2.34. The van der Waals surface area contributed by atoms with Gasteiger partial charge in [-0.3, -0.25) is 0 Å². The fourth-order valence-corrected chi connectivity index (χ4v) is 2.60. The van der Waals surface area contributed by atoms with Crippen LogP contribution in [-0.2, 0) is 5.33 Å². The first-order valence-corrected chi connectivity index (χ1v) is 7.40. The standard InChI is InChI=1S/C15H12BrClF2O/c1-8-3-11(17)4-9(2)14(8)20-15-12(18)5-10(7-16)6-13(15)19/h3-6H,7H2,1-2H3. The number of hydrogen-bond donors (Lipinski definition) is 0. The van der Waals surface area contributed by atoms with E-state index in [1.807, 2.05) is 0 Å². The Morgan fingerprint density at radius 2 is 1.50 bits per heavy atom. The molecular weight excluding hydrogens is 350 g/mol. The summed E-state index contributed by atoms with van der Waals surface area (Å²) in [5, 5.41) is 0.933. The lowest BCUT2D eigenvalue weighted by Crippen LogP contribution is -1.98. The van der Waals surface area contributed by atoms with Gasteiger partial charge in [0.1, 0.15) is 5.75 Å². The minimum absolute atomic E-state index is 0.375. The van der Waals surface area contributed by atoms with Crippen LogP contribution in [0.5, 0.6) is 11.5 Å². The van der Waals surface area contributed by atoms with Crippen molar-refractivity contribution in [1.82, 2.24) is 0 Å². The molecule has 0 fully saturated rings. The number of aryl methyl sites for hydroxylation is 2. The molecule has 2 rings (SSSR count). The molecule has 0 aliphatic rings. The third-order valence-electron chi connectivity index (χ3n) is 2.84. The number of alkyl halides is 1. The van der Waals surface area contributed by atoms with E-state index in [9.17, 15) is 8.78 Å². The number of ether oxygens (including phenoxy) is 1. The Morgan fingerprint density at radius 1 is 1.00 bits per heavy atom. The van der Waals surface area contributed by atoms with Crippen molar-refractivity contribution in [2.24, 2.45) is 0 Å². The maximum atomic E-state index is 13.9. The van der Waals surface area contributed by atoms with Crippen molar-refractivity contribution in [2.45, 2.75) is 19.2 Å². The van der Waals surface area contributed by atoms with E-state index in [-0.39, 0.29) is 0 Å². The molecule has 0 saturated carbocycles. The second-order valence-electron chi connectivity index (χ2n) is 4.49. The lowest BCUT2D eigenvalue weighted by atomic mass is 10.1. The zero-order valence-corrected chi connectivity index (χ0v) is 13.3. The molecule has 2 aromatic carbocycles. The van der Waals surface area contributed by atoms with Gasteiger partial charge in [-0.05, 0) is 54.8 Å². The van der Waals surface area contributed by atoms with Gasteiger partial charge in [-0.1, -0.05) is 27.5 Å². The Balaban J connectivity index is 2.45. The monoisotopic (exact) mass is 360 g/mol. The lowest BCUT2D eigenvalue weighted by molar-refractivity contribution is 0.402. The molecule has 0 heterocycles. The molecule has 0 atom stereocenters. The van der Waals surface area contributed by atoms with Gasteiger partial charge in [0, 0.05) is 10.4 Å². The van der Waals surface area contributed by atoms with Crippen molar-refractivity contribution in [3.8, 4) is 11.5 Å². The van der Waals surface area contributed by atoms with Crippen LogP contribution in [0.25, 0.3) is 0 Å². The molecule has 20 heavy (non-hydrogen) atoms. The van der Waals surface area contributed by atoms with Crippen LogP contribution in [0.1, 0.15) is 16.7 Å². The van der Waals surface area contributed by atoms with Crippen molar-refractivity contribution < 1.29 is 13.5 Å². The van der Waals surface area contributed by atoms with Gasteiger partial charge in [0.25, 0.3) is 0 Å². The molecule has 0 N–H and O–H groups in total. The Bertz CT molecular complexity index is 612. The Morgan fingerprint density at radius 3 is 1.95 bits per heavy atom. The lowest BCUT2D eigenvalue weighted by Gasteiger charge is -2.14. The molecule has 5 heteroatoms. The van der Waals surface area contributed by atoms with Gasteiger partial charge < -0.3 is 4.74 Å². The smallest absolute Gasteiger partial charge is 0.198 e. The fraction of sp³-hybridized carbons (Fsp3) is 0.200. The molecule has 1 nitrogen and oxygen atoms in total. The van der Waals surface area contributed by atoms with E-state index in [1.54, 1.807) is 26.0 Å². The summed E-state index contributed by atoms with van der Waals surface area (Å²) in [6, 6.07) is 5.86. The fourth-order valence-electron chi connectivity index (χ4n) is 1.95. The average Bonchev–Trinajstić information content (AvgIpc) is 2.35. The van der Waals surface area contributed by atoms with Crippen LogP contribution < -0.4 is 4.74 Å². The number of halogens is 4. The SMILES string of the molecule is Cc1cc(Cl)cc(C)c1Oc1c(F)cc(CBr)cc1F. The first-order valence-electron chi connectivity index (χ1n) is 5.91. The summed E-state index contributed by atoms with van der Waals surface area (Å²) in [5.74, 6) is -1.44. The summed E-state index contributed by atoms with van der Waals surface area (Å²) in [7, 11) is 0. The van der Waals surface area contributed by atoms with Crippen LogP contribution in [-0.4, -0.2) is 0 Å². The molecule has 0 spiro atoms. The first-order chi connectivity index (χ1) is 9.42. The zero-order valence-electron chi connectivity index (χ0n) is 10.9. The van der Waals surface area contributed by atoms with Gasteiger partial charge in [-0.15, -0.1) is 0 Å². The Kier molecular flexibility index (Phi) is 4.66. The second kappa shape index (κ2) is 6.10. The predicted molar refractivity (Wildman–Crippen MR) is 80.0 cm³/mol. The minimum Gasteiger partial charge on any atom is -0.451 e. The van der Waals surface area contributed by atoms with E-state index in [4.69, 9.17) is 16.3 Å². The van der Waals surface area contributed by atoms with E-state index >= 15 is 0 Å². The number of hydrogen-bond acceptors (Lipinski definition) is 1. The van der Waals surface area contributed by atoms with Gasteiger partial charge in [-0.25, -0.2) is 8.78 Å². The molecule has 0 radical (unpaired) electrons. The number of rotatable bonds is 3. The molecule has 0 saturated heterocycles. The predicted octanol–water partition coefficient (Wildman–Crippen LogP) is 5.92. The molecule has 0 aromatic heterocycles. The molecule has 106 valence electrons. The van der Waals surface area contributed by atoms with Crippen molar-refractivity contribution in [2.75, 3.05) is 0 Å². The van der Waals surface area contributed by atoms with Crippen LogP contribution in [0.15, 0.2) is 24.3 Å². The minimum atomic E-state index is -0.729. The van der Waals surface area contributed by atoms with E-state index in [1.165, 1.54) is 12.1 Å². The van der Waals surface area contributed by atoms with E-state index in [0.29, 0.717) is 21.7 Å². The molecule has 0 aliphatic carbocycles. The number of benzene rings is 2. The second-order valence-corrected chi connectivity index (χ2v) is 5.49. The van der Waals surface area contributed by atoms with Crippen LogP contribution >= 0.6 is 27.5 Å².